The first-order chi connectivity index (χ1) is 9.88. The van der Waals surface area contributed by atoms with Crippen LogP contribution in [0.15, 0.2) is 23.3 Å². The van der Waals surface area contributed by atoms with E-state index in [1.54, 1.807) is 6.92 Å². The Morgan fingerprint density at radius 1 is 1.33 bits per heavy atom. The van der Waals surface area contributed by atoms with Crippen LogP contribution in [-0.4, -0.2) is 29.6 Å². The Morgan fingerprint density at radius 3 is 2.67 bits per heavy atom. The van der Waals surface area contributed by atoms with E-state index in [1.165, 1.54) is 13.1 Å². The van der Waals surface area contributed by atoms with Crippen LogP contribution >= 0.6 is 0 Å². The average molecular weight is 295 g/mol. The Bertz CT molecular complexity index is 616. The van der Waals surface area contributed by atoms with Crippen molar-refractivity contribution in [2.75, 3.05) is 7.05 Å². The van der Waals surface area contributed by atoms with Gasteiger partial charge in [0.2, 0.25) is 5.91 Å². The van der Waals surface area contributed by atoms with E-state index in [9.17, 15) is 18.4 Å². The monoisotopic (exact) mass is 295 g/mol. The molecule has 0 spiro atoms. The summed E-state index contributed by atoms with van der Waals surface area (Å²) in [6.07, 6.45) is 0.488. The Balaban J connectivity index is 2.07. The Labute approximate surface area is 120 Å². The zero-order valence-electron chi connectivity index (χ0n) is 11.7. The molecule has 0 radical (unpaired) electrons. The molecule has 1 aliphatic heterocycles. The van der Waals surface area contributed by atoms with Gasteiger partial charge in [0.25, 0.3) is 5.91 Å². The third-order valence-electron chi connectivity index (χ3n) is 3.26. The molecule has 0 bridgehead atoms. The number of amides is 2. The number of carbonyl (C=O) groups excluding carboxylic acids is 2. The van der Waals surface area contributed by atoms with E-state index in [0.29, 0.717) is 5.56 Å². The van der Waals surface area contributed by atoms with Crippen LogP contribution in [0.3, 0.4) is 0 Å². The summed E-state index contributed by atoms with van der Waals surface area (Å²) in [5.41, 5.74) is 0.689. The first-order valence-electron chi connectivity index (χ1n) is 6.48. The molecule has 0 fully saturated rings. The molecule has 1 N–H and O–H groups in total. The topological polar surface area (TPSA) is 61.8 Å². The summed E-state index contributed by atoms with van der Waals surface area (Å²) in [5, 5.41) is 7.67. The molecular formula is C14H15F2N3O2. The number of benzene rings is 1. The van der Waals surface area contributed by atoms with Gasteiger partial charge in [0.1, 0.15) is 5.71 Å². The fourth-order valence-electron chi connectivity index (χ4n) is 1.98. The number of hydrogen-bond acceptors (Lipinski definition) is 3. The first kappa shape index (κ1) is 15.1. The van der Waals surface area contributed by atoms with E-state index in [4.69, 9.17) is 0 Å². The number of hydrogen-bond donors (Lipinski definition) is 1. The normalized spacial score (nSPS) is 16.5. The second-order valence-electron chi connectivity index (χ2n) is 4.83. The van der Waals surface area contributed by atoms with Crippen molar-refractivity contribution in [3.8, 4) is 0 Å². The van der Waals surface area contributed by atoms with Crippen LogP contribution in [0, 0.1) is 11.6 Å². The molecule has 1 heterocycles. The number of nitrogens with zero attached hydrogens (tertiary/aromatic N) is 2. The van der Waals surface area contributed by atoms with Crippen molar-refractivity contribution in [3.63, 3.8) is 0 Å². The molecule has 1 aromatic rings. The molecule has 1 atom stereocenters. The van der Waals surface area contributed by atoms with Gasteiger partial charge in [-0.2, -0.15) is 5.10 Å². The van der Waals surface area contributed by atoms with E-state index in [2.05, 4.69) is 10.4 Å². The van der Waals surface area contributed by atoms with Gasteiger partial charge in [0, 0.05) is 19.9 Å². The van der Waals surface area contributed by atoms with Crippen molar-refractivity contribution in [3.05, 3.63) is 35.4 Å². The van der Waals surface area contributed by atoms with Crippen molar-refractivity contribution >= 4 is 17.5 Å². The minimum Gasteiger partial charge on any atom is -0.344 e. The maximum Gasteiger partial charge on any atom is 0.267 e. The van der Waals surface area contributed by atoms with E-state index < -0.39 is 23.6 Å². The van der Waals surface area contributed by atoms with Gasteiger partial charge in [-0.25, -0.2) is 13.8 Å². The van der Waals surface area contributed by atoms with Gasteiger partial charge in [-0.15, -0.1) is 0 Å². The molecule has 21 heavy (non-hydrogen) atoms. The van der Waals surface area contributed by atoms with Gasteiger partial charge in [-0.05, 0) is 24.6 Å². The second-order valence-corrected chi connectivity index (χ2v) is 4.83. The fraction of sp³-hybridized carbons (Fsp3) is 0.357. The number of nitrogens with one attached hydrogen (secondary N) is 1. The van der Waals surface area contributed by atoms with Crippen LogP contribution in [0.4, 0.5) is 8.78 Å². The molecule has 1 aliphatic rings. The van der Waals surface area contributed by atoms with Gasteiger partial charge in [0.15, 0.2) is 11.6 Å². The molecule has 2 amide bonds. The van der Waals surface area contributed by atoms with Crippen LogP contribution in [0.25, 0.3) is 0 Å². The van der Waals surface area contributed by atoms with Gasteiger partial charge in [0.05, 0.1) is 6.04 Å². The first-order valence-corrected chi connectivity index (χ1v) is 6.48. The largest absolute Gasteiger partial charge is 0.344 e. The average Bonchev–Trinajstić information content (AvgIpc) is 2.44. The number of halogens is 2. The fourth-order valence-corrected chi connectivity index (χ4v) is 1.98. The summed E-state index contributed by atoms with van der Waals surface area (Å²) in [4.78, 5) is 23.3. The summed E-state index contributed by atoms with van der Waals surface area (Å²) in [6, 6.07) is 2.95. The summed E-state index contributed by atoms with van der Waals surface area (Å²) < 4.78 is 26.0. The molecule has 112 valence electrons. The van der Waals surface area contributed by atoms with Crippen LogP contribution in [0.5, 0.6) is 0 Å². The quantitative estimate of drug-likeness (QED) is 0.923. The summed E-state index contributed by atoms with van der Waals surface area (Å²) in [6.45, 7) is 1.66. The lowest BCUT2D eigenvalue weighted by Crippen LogP contribution is -2.38. The van der Waals surface area contributed by atoms with E-state index >= 15 is 0 Å². The molecule has 2 rings (SSSR count). The van der Waals surface area contributed by atoms with Gasteiger partial charge >= 0.3 is 0 Å². The smallest absolute Gasteiger partial charge is 0.267 e. The highest BCUT2D eigenvalue weighted by atomic mass is 19.2. The van der Waals surface area contributed by atoms with Gasteiger partial charge < -0.3 is 5.32 Å². The van der Waals surface area contributed by atoms with Gasteiger partial charge in [-0.1, -0.05) is 6.07 Å². The zero-order valence-corrected chi connectivity index (χ0v) is 11.7. The van der Waals surface area contributed by atoms with Crippen LogP contribution in [0.1, 0.15) is 31.4 Å². The van der Waals surface area contributed by atoms with Crippen LogP contribution in [0.2, 0.25) is 0 Å². The minimum atomic E-state index is -0.964. The molecule has 7 heteroatoms. The SMILES string of the molecule is CC(NC(=O)C1=NN(C)C(=O)CC1)c1ccc(F)c(F)c1. The van der Waals surface area contributed by atoms with Crippen LogP contribution in [-0.2, 0) is 9.59 Å². The maximum absolute atomic E-state index is 13.2. The van der Waals surface area contributed by atoms with Crippen molar-refractivity contribution in [1.29, 1.82) is 0 Å². The maximum atomic E-state index is 13.2. The molecule has 0 saturated carbocycles. The lowest BCUT2D eigenvalue weighted by atomic mass is 10.1. The molecule has 1 unspecified atom stereocenters. The van der Waals surface area contributed by atoms with Crippen molar-refractivity contribution in [2.24, 2.45) is 5.10 Å². The van der Waals surface area contributed by atoms with E-state index in [0.717, 1.165) is 17.1 Å². The highest BCUT2D eigenvalue weighted by Crippen LogP contribution is 2.16. The molecule has 0 aliphatic carbocycles. The standard InChI is InChI=1S/C14H15F2N3O2/c1-8(9-3-4-10(15)11(16)7-9)17-14(21)12-5-6-13(20)19(2)18-12/h3-4,7-8H,5-6H2,1-2H3,(H,17,21). The highest BCUT2D eigenvalue weighted by molar-refractivity contribution is 6.39. The summed E-state index contributed by atoms with van der Waals surface area (Å²) in [7, 11) is 1.48. The number of carbonyl (C=O) groups is 2. The Morgan fingerprint density at radius 2 is 2.05 bits per heavy atom. The second kappa shape index (κ2) is 5.99. The Hall–Kier alpha value is -2.31. The minimum absolute atomic E-state index is 0.153. The molecule has 5 nitrogen and oxygen atoms in total. The number of hydrazone groups is 1. The molecular weight excluding hydrogens is 280 g/mol. The molecule has 0 aromatic heterocycles. The summed E-state index contributed by atoms with van der Waals surface area (Å²) >= 11 is 0. The Kier molecular flexibility index (Phi) is 4.30. The van der Waals surface area contributed by atoms with Crippen molar-refractivity contribution in [2.45, 2.75) is 25.8 Å². The van der Waals surface area contributed by atoms with Crippen LogP contribution < -0.4 is 5.32 Å². The van der Waals surface area contributed by atoms with E-state index in [-0.39, 0.29) is 24.5 Å². The third-order valence-corrected chi connectivity index (χ3v) is 3.26. The summed E-state index contributed by atoms with van der Waals surface area (Å²) in [5.74, 6) is -2.48. The predicted molar refractivity (Wildman–Crippen MR) is 72.4 cm³/mol. The highest BCUT2D eigenvalue weighted by Gasteiger charge is 2.23. The van der Waals surface area contributed by atoms with Crippen molar-refractivity contribution in [1.82, 2.24) is 10.3 Å². The molecule has 0 saturated heterocycles. The van der Waals surface area contributed by atoms with Gasteiger partial charge in [-0.3, -0.25) is 9.59 Å². The molecule has 1 aromatic carbocycles. The predicted octanol–water partition coefficient (Wildman–Crippen LogP) is 1.75. The lowest BCUT2D eigenvalue weighted by Gasteiger charge is -2.20. The lowest BCUT2D eigenvalue weighted by molar-refractivity contribution is -0.130. The van der Waals surface area contributed by atoms with Crippen molar-refractivity contribution < 1.29 is 18.4 Å². The number of rotatable bonds is 3. The van der Waals surface area contributed by atoms with E-state index in [1.807, 2.05) is 0 Å². The third kappa shape index (κ3) is 3.42. The zero-order chi connectivity index (χ0) is 15.6.